The van der Waals surface area contributed by atoms with E-state index in [0.29, 0.717) is 29.2 Å². The number of rotatable bonds is 7. The topological polar surface area (TPSA) is 93.7 Å². The van der Waals surface area contributed by atoms with Crippen LogP contribution in [0.1, 0.15) is 11.1 Å². The zero-order chi connectivity index (χ0) is 18.7. The van der Waals surface area contributed by atoms with Gasteiger partial charge in [-0.15, -0.1) is 0 Å². The Hall–Kier alpha value is -2.58. The summed E-state index contributed by atoms with van der Waals surface area (Å²) >= 11 is 0. The van der Waals surface area contributed by atoms with Crippen LogP contribution in [0.25, 0.3) is 0 Å². The predicted octanol–water partition coefficient (Wildman–Crippen LogP) is 1.72. The van der Waals surface area contributed by atoms with Crippen molar-refractivity contribution in [2.45, 2.75) is 17.7 Å². The molecule has 2 aromatic rings. The van der Waals surface area contributed by atoms with E-state index >= 15 is 0 Å². The third-order valence-corrected chi connectivity index (χ3v) is 5.65. The van der Waals surface area contributed by atoms with Gasteiger partial charge in [-0.05, 0) is 41.8 Å². The van der Waals surface area contributed by atoms with Crippen LogP contribution in [0, 0.1) is 0 Å². The van der Waals surface area contributed by atoms with E-state index in [-0.39, 0.29) is 23.8 Å². The number of ether oxygens (including phenoxy) is 2. The first kappa shape index (κ1) is 18.2. The van der Waals surface area contributed by atoms with Gasteiger partial charge in [-0.25, -0.2) is 13.1 Å². The van der Waals surface area contributed by atoms with Crippen molar-refractivity contribution in [3.63, 3.8) is 0 Å². The predicted molar refractivity (Wildman–Crippen MR) is 97.2 cm³/mol. The molecule has 0 fully saturated rings. The van der Waals surface area contributed by atoms with Gasteiger partial charge >= 0.3 is 0 Å². The van der Waals surface area contributed by atoms with Crippen LogP contribution in [0.15, 0.2) is 41.3 Å². The highest BCUT2D eigenvalue weighted by molar-refractivity contribution is 7.89. The van der Waals surface area contributed by atoms with Crippen LogP contribution in [0.5, 0.6) is 11.5 Å². The molecule has 2 aromatic carbocycles. The second kappa shape index (κ2) is 7.35. The molecule has 7 nitrogen and oxygen atoms in total. The summed E-state index contributed by atoms with van der Waals surface area (Å²) in [5, 5.41) is 2.68. The summed E-state index contributed by atoms with van der Waals surface area (Å²) in [7, 11) is -0.527. The van der Waals surface area contributed by atoms with E-state index < -0.39 is 10.0 Å². The molecule has 1 heterocycles. The van der Waals surface area contributed by atoms with E-state index in [2.05, 4.69) is 10.0 Å². The molecule has 0 spiro atoms. The van der Waals surface area contributed by atoms with Crippen LogP contribution >= 0.6 is 0 Å². The molecule has 26 heavy (non-hydrogen) atoms. The van der Waals surface area contributed by atoms with Gasteiger partial charge in [0.1, 0.15) is 11.5 Å². The van der Waals surface area contributed by atoms with E-state index in [0.717, 1.165) is 5.56 Å². The maximum Gasteiger partial charge on any atom is 0.240 e. The lowest BCUT2D eigenvalue weighted by atomic mass is 10.1. The quantitative estimate of drug-likeness (QED) is 0.767. The molecule has 3 rings (SSSR count). The van der Waals surface area contributed by atoms with Crippen molar-refractivity contribution in [1.82, 2.24) is 4.72 Å². The van der Waals surface area contributed by atoms with Gasteiger partial charge in [-0.2, -0.15) is 0 Å². The van der Waals surface area contributed by atoms with Gasteiger partial charge < -0.3 is 14.8 Å². The Morgan fingerprint density at radius 1 is 1.12 bits per heavy atom. The van der Waals surface area contributed by atoms with Crippen molar-refractivity contribution in [1.29, 1.82) is 0 Å². The highest BCUT2D eigenvalue weighted by atomic mass is 32.2. The summed E-state index contributed by atoms with van der Waals surface area (Å²) in [6, 6.07) is 10.0. The van der Waals surface area contributed by atoms with Gasteiger partial charge in [0, 0.05) is 18.3 Å². The lowest BCUT2D eigenvalue weighted by Gasteiger charge is -2.11. The maximum absolute atomic E-state index is 12.5. The molecule has 0 saturated carbocycles. The van der Waals surface area contributed by atoms with Crippen molar-refractivity contribution in [3.05, 3.63) is 47.5 Å². The monoisotopic (exact) mass is 376 g/mol. The van der Waals surface area contributed by atoms with Crippen LogP contribution in [-0.2, 0) is 27.7 Å². The Kier molecular flexibility index (Phi) is 5.15. The first-order chi connectivity index (χ1) is 12.4. The summed E-state index contributed by atoms with van der Waals surface area (Å²) in [4.78, 5) is 11.5. The molecule has 2 N–H and O–H groups in total. The van der Waals surface area contributed by atoms with Crippen molar-refractivity contribution in [3.8, 4) is 11.5 Å². The number of hydrogen-bond acceptors (Lipinski definition) is 5. The number of anilines is 1. The smallest absolute Gasteiger partial charge is 0.240 e. The molecule has 0 aliphatic carbocycles. The van der Waals surface area contributed by atoms with Crippen molar-refractivity contribution in [2.24, 2.45) is 0 Å². The first-order valence-corrected chi connectivity index (χ1v) is 9.54. The maximum atomic E-state index is 12.5. The minimum absolute atomic E-state index is 0.130. The zero-order valence-electron chi connectivity index (χ0n) is 14.5. The third kappa shape index (κ3) is 3.81. The summed E-state index contributed by atoms with van der Waals surface area (Å²) in [6.07, 6.45) is 0.666. The molecule has 0 aromatic heterocycles. The summed E-state index contributed by atoms with van der Waals surface area (Å²) in [5.74, 6) is 1.19. The molecule has 1 amide bonds. The fraction of sp³-hybridized carbons (Fsp3) is 0.278. The molecule has 0 bridgehead atoms. The molecule has 0 atom stereocenters. The third-order valence-electron chi connectivity index (χ3n) is 4.19. The Balaban J connectivity index is 1.68. The lowest BCUT2D eigenvalue weighted by molar-refractivity contribution is -0.115. The van der Waals surface area contributed by atoms with Gasteiger partial charge in [-0.3, -0.25) is 4.79 Å². The Bertz CT molecular complexity index is 941. The number of fused-ring (bicyclic) bond motifs is 1. The minimum Gasteiger partial charge on any atom is -0.497 e. The summed E-state index contributed by atoms with van der Waals surface area (Å²) < 4.78 is 38.0. The number of sulfonamides is 1. The molecule has 0 saturated heterocycles. The van der Waals surface area contributed by atoms with Gasteiger partial charge in [0.25, 0.3) is 0 Å². The van der Waals surface area contributed by atoms with Crippen LogP contribution in [0.2, 0.25) is 0 Å². The fourth-order valence-electron chi connectivity index (χ4n) is 2.83. The second-order valence-electron chi connectivity index (χ2n) is 5.87. The average Bonchev–Trinajstić information content (AvgIpc) is 3.00. The number of benzene rings is 2. The molecular weight excluding hydrogens is 356 g/mol. The molecule has 0 radical (unpaired) electrons. The Morgan fingerprint density at radius 3 is 2.65 bits per heavy atom. The van der Waals surface area contributed by atoms with Crippen LogP contribution in [0.3, 0.4) is 0 Å². The normalized spacial score (nSPS) is 13.2. The van der Waals surface area contributed by atoms with Crippen LogP contribution < -0.4 is 19.5 Å². The minimum atomic E-state index is -3.66. The van der Waals surface area contributed by atoms with Crippen LogP contribution in [-0.4, -0.2) is 35.1 Å². The number of carbonyl (C=O) groups is 1. The van der Waals surface area contributed by atoms with E-state index in [1.54, 1.807) is 32.4 Å². The van der Waals surface area contributed by atoms with E-state index in [4.69, 9.17) is 9.47 Å². The molecule has 0 unspecified atom stereocenters. The molecule has 8 heteroatoms. The van der Waals surface area contributed by atoms with E-state index in [1.165, 1.54) is 12.1 Å². The second-order valence-corrected chi connectivity index (χ2v) is 7.64. The SMILES string of the molecule is COc1ccc(CCNS(=O)(=O)c2ccc3c(c2)CC(=O)N3)c(OC)c1. The number of carbonyl (C=O) groups excluding carboxylic acids is 1. The molecule has 1 aliphatic heterocycles. The fourth-order valence-corrected chi connectivity index (χ4v) is 3.92. The van der Waals surface area contributed by atoms with Gasteiger partial charge in [0.2, 0.25) is 15.9 Å². The standard InChI is InChI=1S/C18H20N2O5S/c1-24-14-4-3-12(17(11-14)25-2)7-8-19-26(22,23)15-5-6-16-13(9-15)10-18(21)20-16/h3-6,9,11,19H,7-8,10H2,1-2H3,(H,20,21). The zero-order valence-corrected chi connectivity index (χ0v) is 15.4. The Labute approximate surface area is 152 Å². The highest BCUT2D eigenvalue weighted by Gasteiger charge is 2.21. The largest absolute Gasteiger partial charge is 0.497 e. The number of methoxy groups -OCH3 is 2. The van der Waals surface area contributed by atoms with Gasteiger partial charge in [-0.1, -0.05) is 6.07 Å². The van der Waals surface area contributed by atoms with Crippen LogP contribution in [0.4, 0.5) is 5.69 Å². The molecular formula is C18H20N2O5S. The van der Waals surface area contributed by atoms with Crippen molar-refractivity contribution >= 4 is 21.6 Å². The number of amides is 1. The summed E-state index contributed by atoms with van der Waals surface area (Å²) in [6.45, 7) is 0.222. The van der Waals surface area contributed by atoms with E-state index in [9.17, 15) is 13.2 Å². The van der Waals surface area contributed by atoms with E-state index in [1.807, 2.05) is 6.07 Å². The Morgan fingerprint density at radius 2 is 1.92 bits per heavy atom. The molecule has 138 valence electrons. The average molecular weight is 376 g/mol. The van der Waals surface area contributed by atoms with Crippen molar-refractivity contribution < 1.29 is 22.7 Å². The van der Waals surface area contributed by atoms with Gasteiger partial charge in [0.05, 0.1) is 25.5 Å². The highest BCUT2D eigenvalue weighted by Crippen LogP contribution is 2.26. The lowest BCUT2D eigenvalue weighted by Crippen LogP contribution is -2.26. The first-order valence-electron chi connectivity index (χ1n) is 8.06. The summed E-state index contributed by atoms with van der Waals surface area (Å²) in [5.41, 5.74) is 2.23. The number of hydrogen-bond donors (Lipinski definition) is 2. The molecule has 1 aliphatic rings. The van der Waals surface area contributed by atoms with Gasteiger partial charge in [0.15, 0.2) is 0 Å². The van der Waals surface area contributed by atoms with Crippen molar-refractivity contribution in [2.75, 3.05) is 26.1 Å². The number of nitrogens with one attached hydrogen (secondary N) is 2.